The fraction of sp³-hybridized carbons (Fsp3) is 0.364. The van der Waals surface area contributed by atoms with Crippen molar-refractivity contribution in [2.45, 2.75) is 39.3 Å². The lowest BCUT2D eigenvalue weighted by Crippen LogP contribution is -2.42. The van der Waals surface area contributed by atoms with Crippen molar-refractivity contribution in [2.24, 2.45) is 0 Å². The quantitative estimate of drug-likeness (QED) is 0.774. The van der Waals surface area contributed by atoms with Crippen molar-refractivity contribution in [1.29, 1.82) is 0 Å². The molecule has 2 aromatic rings. The molecule has 2 amide bonds. The molecule has 0 spiro atoms. The predicted molar refractivity (Wildman–Crippen MR) is 107 cm³/mol. The Balaban J connectivity index is 1.81. The molecule has 3 rings (SSSR count). The van der Waals surface area contributed by atoms with Gasteiger partial charge in [0.2, 0.25) is 11.8 Å². The molecule has 142 valence electrons. The Morgan fingerprint density at radius 1 is 1.15 bits per heavy atom. The second-order valence-electron chi connectivity index (χ2n) is 6.88. The molecule has 0 radical (unpaired) electrons. The van der Waals surface area contributed by atoms with E-state index in [0.717, 1.165) is 17.5 Å². The van der Waals surface area contributed by atoms with Crippen LogP contribution in [0.25, 0.3) is 0 Å². The SMILES string of the molecule is CCN(Cc1ccccc1Cl)C(=O)CC1c2ccccc2CCN1C(C)=O. The van der Waals surface area contributed by atoms with E-state index in [-0.39, 0.29) is 24.3 Å². The van der Waals surface area contributed by atoms with Gasteiger partial charge in [0, 0.05) is 31.6 Å². The highest BCUT2D eigenvalue weighted by Gasteiger charge is 2.31. The summed E-state index contributed by atoms with van der Waals surface area (Å²) < 4.78 is 0. The molecular formula is C22H25ClN2O2. The number of halogens is 1. The normalized spacial score (nSPS) is 16.0. The first-order chi connectivity index (χ1) is 13.0. The zero-order valence-corrected chi connectivity index (χ0v) is 16.6. The van der Waals surface area contributed by atoms with Crippen LogP contribution in [-0.2, 0) is 22.6 Å². The van der Waals surface area contributed by atoms with Crippen LogP contribution in [0.5, 0.6) is 0 Å². The lowest BCUT2D eigenvalue weighted by atomic mass is 9.90. The van der Waals surface area contributed by atoms with E-state index < -0.39 is 0 Å². The molecule has 4 nitrogen and oxygen atoms in total. The van der Waals surface area contributed by atoms with Gasteiger partial charge in [0.25, 0.3) is 0 Å². The van der Waals surface area contributed by atoms with Gasteiger partial charge in [-0.15, -0.1) is 0 Å². The van der Waals surface area contributed by atoms with Crippen LogP contribution >= 0.6 is 11.6 Å². The third kappa shape index (κ3) is 4.33. The van der Waals surface area contributed by atoms with Crippen molar-refractivity contribution >= 4 is 23.4 Å². The average Bonchev–Trinajstić information content (AvgIpc) is 2.67. The first-order valence-corrected chi connectivity index (χ1v) is 9.75. The largest absolute Gasteiger partial charge is 0.339 e. The molecule has 0 fully saturated rings. The van der Waals surface area contributed by atoms with E-state index in [2.05, 4.69) is 6.07 Å². The number of carbonyl (C=O) groups excluding carboxylic acids is 2. The van der Waals surface area contributed by atoms with E-state index in [0.29, 0.717) is 24.7 Å². The van der Waals surface area contributed by atoms with Crippen LogP contribution in [0.1, 0.15) is 43.0 Å². The van der Waals surface area contributed by atoms with E-state index in [1.54, 1.807) is 11.8 Å². The number of carbonyl (C=O) groups is 2. The predicted octanol–water partition coefficient (Wildman–Crippen LogP) is 4.22. The van der Waals surface area contributed by atoms with Gasteiger partial charge in [0.05, 0.1) is 12.5 Å². The second-order valence-corrected chi connectivity index (χ2v) is 7.29. The van der Waals surface area contributed by atoms with E-state index >= 15 is 0 Å². The molecule has 0 bridgehead atoms. The molecule has 0 saturated heterocycles. The second kappa shape index (κ2) is 8.57. The molecule has 27 heavy (non-hydrogen) atoms. The zero-order valence-electron chi connectivity index (χ0n) is 15.8. The van der Waals surface area contributed by atoms with Gasteiger partial charge in [-0.3, -0.25) is 9.59 Å². The van der Waals surface area contributed by atoms with Crippen LogP contribution in [0.3, 0.4) is 0 Å². The van der Waals surface area contributed by atoms with Crippen LogP contribution in [0.2, 0.25) is 5.02 Å². The Hall–Kier alpha value is -2.33. The zero-order chi connectivity index (χ0) is 19.4. The van der Waals surface area contributed by atoms with Gasteiger partial charge >= 0.3 is 0 Å². The van der Waals surface area contributed by atoms with Crippen molar-refractivity contribution < 1.29 is 9.59 Å². The Kier molecular flexibility index (Phi) is 6.17. The fourth-order valence-electron chi connectivity index (χ4n) is 3.75. The highest BCUT2D eigenvalue weighted by atomic mass is 35.5. The first kappa shape index (κ1) is 19.4. The van der Waals surface area contributed by atoms with Crippen molar-refractivity contribution in [1.82, 2.24) is 9.80 Å². The van der Waals surface area contributed by atoms with Gasteiger partial charge in [-0.25, -0.2) is 0 Å². The van der Waals surface area contributed by atoms with E-state index in [9.17, 15) is 9.59 Å². The van der Waals surface area contributed by atoms with Gasteiger partial charge in [0.1, 0.15) is 0 Å². The average molecular weight is 385 g/mol. The Morgan fingerprint density at radius 2 is 1.85 bits per heavy atom. The van der Waals surface area contributed by atoms with Crippen LogP contribution in [0, 0.1) is 0 Å². The minimum absolute atomic E-state index is 0.0106. The Bertz CT molecular complexity index is 837. The van der Waals surface area contributed by atoms with E-state index in [4.69, 9.17) is 11.6 Å². The molecule has 0 N–H and O–H groups in total. The van der Waals surface area contributed by atoms with Crippen LogP contribution in [0.15, 0.2) is 48.5 Å². The number of amides is 2. The molecule has 1 heterocycles. The number of hydrogen-bond acceptors (Lipinski definition) is 2. The standard InChI is InChI=1S/C22H25ClN2O2/c1-3-24(15-18-9-5-7-11-20(18)23)22(27)14-21-19-10-6-4-8-17(19)12-13-25(21)16(2)26/h4-11,21H,3,12-15H2,1-2H3. The summed E-state index contributed by atoms with van der Waals surface area (Å²) in [4.78, 5) is 28.9. The summed E-state index contributed by atoms with van der Waals surface area (Å²) >= 11 is 6.26. The monoisotopic (exact) mass is 384 g/mol. The topological polar surface area (TPSA) is 40.6 Å². The first-order valence-electron chi connectivity index (χ1n) is 9.37. The summed E-state index contributed by atoms with van der Waals surface area (Å²) in [5.41, 5.74) is 3.24. The molecule has 1 unspecified atom stereocenters. The van der Waals surface area contributed by atoms with Crippen LogP contribution in [0.4, 0.5) is 0 Å². The number of benzene rings is 2. The lowest BCUT2D eigenvalue weighted by molar-refractivity contribution is -0.137. The smallest absolute Gasteiger partial charge is 0.225 e. The molecular weight excluding hydrogens is 360 g/mol. The van der Waals surface area contributed by atoms with Gasteiger partial charge < -0.3 is 9.80 Å². The van der Waals surface area contributed by atoms with Crippen LogP contribution in [-0.4, -0.2) is 34.7 Å². The van der Waals surface area contributed by atoms with Crippen molar-refractivity contribution in [3.8, 4) is 0 Å². The Morgan fingerprint density at radius 3 is 2.56 bits per heavy atom. The molecule has 0 aromatic heterocycles. The summed E-state index contributed by atoms with van der Waals surface area (Å²) in [6, 6.07) is 15.5. The lowest BCUT2D eigenvalue weighted by Gasteiger charge is -2.37. The maximum atomic E-state index is 13.1. The Labute approximate surface area is 165 Å². The van der Waals surface area contributed by atoms with E-state index in [1.165, 1.54) is 5.56 Å². The molecule has 2 aromatic carbocycles. The summed E-state index contributed by atoms with van der Waals surface area (Å²) in [6.45, 7) is 5.27. The van der Waals surface area contributed by atoms with Crippen LogP contribution < -0.4 is 0 Å². The molecule has 0 aliphatic carbocycles. The summed E-state index contributed by atoms with van der Waals surface area (Å²) in [7, 11) is 0. The van der Waals surface area contributed by atoms with Gasteiger partial charge in [-0.2, -0.15) is 0 Å². The summed E-state index contributed by atoms with van der Waals surface area (Å²) in [6.07, 6.45) is 1.12. The maximum absolute atomic E-state index is 13.1. The highest BCUT2D eigenvalue weighted by molar-refractivity contribution is 6.31. The number of nitrogens with zero attached hydrogens (tertiary/aromatic N) is 2. The van der Waals surface area contributed by atoms with Crippen molar-refractivity contribution in [3.05, 3.63) is 70.2 Å². The minimum Gasteiger partial charge on any atom is -0.339 e. The molecule has 1 atom stereocenters. The molecule has 5 heteroatoms. The van der Waals surface area contributed by atoms with Crippen molar-refractivity contribution in [2.75, 3.05) is 13.1 Å². The van der Waals surface area contributed by atoms with Gasteiger partial charge in [-0.05, 0) is 36.1 Å². The summed E-state index contributed by atoms with van der Waals surface area (Å²) in [5.74, 6) is 0.0434. The van der Waals surface area contributed by atoms with Gasteiger partial charge in [0.15, 0.2) is 0 Å². The highest BCUT2D eigenvalue weighted by Crippen LogP contribution is 2.33. The van der Waals surface area contributed by atoms with Crippen molar-refractivity contribution in [3.63, 3.8) is 0 Å². The molecule has 0 saturated carbocycles. The maximum Gasteiger partial charge on any atom is 0.225 e. The number of fused-ring (bicyclic) bond motifs is 1. The summed E-state index contributed by atoms with van der Waals surface area (Å²) in [5, 5.41) is 0.664. The number of rotatable bonds is 5. The fourth-order valence-corrected chi connectivity index (χ4v) is 3.95. The number of hydrogen-bond donors (Lipinski definition) is 0. The van der Waals surface area contributed by atoms with Gasteiger partial charge in [-0.1, -0.05) is 54.1 Å². The third-order valence-corrected chi connectivity index (χ3v) is 5.61. The molecule has 1 aliphatic rings. The minimum atomic E-state index is -0.208. The molecule has 1 aliphatic heterocycles. The van der Waals surface area contributed by atoms with E-state index in [1.807, 2.05) is 54.3 Å². The third-order valence-electron chi connectivity index (χ3n) is 5.24.